The van der Waals surface area contributed by atoms with Gasteiger partial charge in [-0.2, -0.15) is 0 Å². The molecule has 0 radical (unpaired) electrons. The van der Waals surface area contributed by atoms with E-state index in [1.165, 1.54) is 30.3 Å². The zero-order valence-corrected chi connectivity index (χ0v) is 20.5. The number of hydrazine groups is 1. The standard InChI is InChI=1S/C24H17BrClN3O6/c1-34-19-12-15(11-18-23(30)27-28(24(18)31)16-5-3-2-4-6-16)20(25)21(26)22(19)35-13-14-7-9-17(10-8-14)29(32)33/h2-12H,13H2,1H3,(H,27,30)/b18-11-. The summed E-state index contributed by atoms with van der Waals surface area (Å²) in [5, 5.41) is 12.2. The van der Waals surface area contributed by atoms with Crippen LogP contribution in [-0.2, 0) is 16.2 Å². The summed E-state index contributed by atoms with van der Waals surface area (Å²) in [6, 6.07) is 16.2. The molecule has 1 heterocycles. The maximum Gasteiger partial charge on any atom is 0.282 e. The van der Waals surface area contributed by atoms with E-state index in [9.17, 15) is 19.7 Å². The van der Waals surface area contributed by atoms with Crippen LogP contribution in [0, 0.1) is 10.1 Å². The zero-order chi connectivity index (χ0) is 25.1. The summed E-state index contributed by atoms with van der Waals surface area (Å²) in [4.78, 5) is 35.8. The molecule has 0 aromatic heterocycles. The number of nitrogens with zero attached hydrogens (tertiary/aromatic N) is 2. The Morgan fingerprint density at radius 2 is 1.83 bits per heavy atom. The fourth-order valence-corrected chi connectivity index (χ4v) is 4.00. The summed E-state index contributed by atoms with van der Waals surface area (Å²) in [5.41, 5.74) is 4.09. The van der Waals surface area contributed by atoms with E-state index in [0.717, 1.165) is 0 Å². The summed E-state index contributed by atoms with van der Waals surface area (Å²) in [6.45, 7) is 0.0773. The highest BCUT2D eigenvalue weighted by Crippen LogP contribution is 2.43. The molecule has 0 saturated carbocycles. The van der Waals surface area contributed by atoms with Gasteiger partial charge in [0.05, 0.1) is 17.7 Å². The highest BCUT2D eigenvalue weighted by atomic mass is 79.9. The van der Waals surface area contributed by atoms with Crippen molar-refractivity contribution in [3.63, 3.8) is 0 Å². The number of anilines is 1. The Balaban J connectivity index is 1.61. The molecule has 11 heteroatoms. The zero-order valence-electron chi connectivity index (χ0n) is 18.2. The Bertz CT molecular complexity index is 1350. The third-order valence-corrected chi connectivity index (χ3v) is 6.56. The minimum Gasteiger partial charge on any atom is -0.493 e. The van der Waals surface area contributed by atoms with E-state index >= 15 is 0 Å². The second kappa shape index (κ2) is 10.2. The van der Waals surface area contributed by atoms with Crippen LogP contribution in [0.4, 0.5) is 11.4 Å². The van der Waals surface area contributed by atoms with Gasteiger partial charge in [-0.25, -0.2) is 5.01 Å². The largest absolute Gasteiger partial charge is 0.493 e. The van der Waals surface area contributed by atoms with Gasteiger partial charge in [0.1, 0.15) is 17.2 Å². The molecule has 1 aliphatic rings. The molecule has 178 valence electrons. The number of benzene rings is 3. The molecule has 1 N–H and O–H groups in total. The molecule has 0 spiro atoms. The number of halogens is 2. The van der Waals surface area contributed by atoms with E-state index in [1.54, 1.807) is 48.5 Å². The molecule has 2 amide bonds. The first-order valence-corrected chi connectivity index (χ1v) is 11.3. The smallest absolute Gasteiger partial charge is 0.282 e. The first-order valence-electron chi connectivity index (χ1n) is 10.1. The van der Waals surface area contributed by atoms with E-state index in [-0.39, 0.29) is 34.4 Å². The van der Waals surface area contributed by atoms with Gasteiger partial charge in [0, 0.05) is 16.6 Å². The van der Waals surface area contributed by atoms with Gasteiger partial charge in [0.15, 0.2) is 11.5 Å². The number of non-ortho nitro benzene ring substituents is 1. The van der Waals surface area contributed by atoms with Crippen molar-refractivity contribution in [2.75, 3.05) is 12.1 Å². The predicted molar refractivity (Wildman–Crippen MR) is 133 cm³/mol. The van der Waals surface area contributed by atoms with Crippen molar-refractivity contribution in [2.45, 2.75) is 6.61 Å². The lowest BCUT2D eigenvalue weighted by Crippen LogP contribution is -2.35. The molecule has 3 aromatic carbocycles. The lowest BCUT2D eigenvalue weighted by atomic mass is 10.1. The number of nitro benzene ring substituents is 1. The van der Waals surface area contributed by atoms with E-state index in [1.807, 2.05) is 0 Å². The van der Waals surface area contributed by atoms with E-state index < -0.39 is 16.7 Å². The van der Waals surface area contributed by atoms with Crippen LogP contribution >= 0.6 is 27.5 Å². The number of carbonyl (C=O) groups excluding carboxylic acids is 2. The Hall–Kier alpha value is -3.89. The maximum atomic E-state index is 12.9. The average Bonchev–Trinajstić information content (AvgIpc) is 3.15. The van der Waals surface area contributed by atoms with Crippen LogP contribution in [0.25, 0.3) is 6.08 Å². The number of rotatable bonds is 7. The molecule has 0 aliphatic carbocycles. The highest BCUT2D eigenvalue weighted by molar-refractivity contribution is 9.10. The van der Waals surface area contributed by atoms with Gasteiger partial charge < -0.3 is 9.47 Å². The maximum absolute atomic E-state index is 12.9. The number of carbonyl (C=O) groups is 2. The van der Waals surface area contributed by atoms with Crippen LogP contribution in [0.2, 0.25) is 5.02 Å². The fourth-order valence-electron chi connectivity index (χ4n) is 3.34. The number of para-hydroxylation sites is 1. The molecule has 1 saturated heterocycles. The van der Waals surface area contributed by atoms with Crippen LogP contribution in [0.5, 0.6) is 11.5 Å². The minimum atomic E-state index is -0.556. The molecule has 9 nitrogen and oxygen atoms in total. The van der Waals surface area contributed by atoms with Crippen molar-refractivity contribution in [1.82, 2.24) is 5.43 Å². The van der Waals surface area contributed by atoms with Crippen molar-refractivity contribution >= 4 is 56.8 Å². The fraction of sp³-hybridized carbons (Fsp3) is 0.0833. The normalized spacial score (nSPS) is 14.3. The molecule has 0 atom stereocenters. The van der Waals surface area contributed by atoms with Crippen LogP contribution in [-0.4, -0.2) is 23.8 Å². The summed E-state index contributed by atoms with van der Waals surface area (Å²) in [6.07, 6.45) is 1.42. The van der Waals surface area contributed by atoms with E-state index in [4.69, 9.17) is 21.1 Å². The van der Waals surface area contributed by atoms with Crippen LogP contribution in [0.1, 0.15) is 11.1 Å². The Labute approximate surface area is 213 Å². The molecule has 35 heavy (non-hydrogen) atoms. The number of methoxy groups -OCH3 is 1. The number of nitrogens with one attached hydrogen (secondary N) is 1. The van der Waals surface area contributed by atoms with Crippen molar-refractivity contribution in [1.29, 1.82) is 0 Å². The van der Waals surface area contributed by atoms with Gasteiger partial charge >= 0.3 is 0 Å². The summed E-state index contributed by atoms with van der Waals surface area (Å²) in [7, 11) is 1.43. The molecule has 1 fully saturated rings. The van der Waals surface area contributed by atoms with E-state index in [2.05, 4.69) is 21.4 Å². The lowest BCUT2D eigenvalue weighted by molar-refractivity contribution is -0.384. The third kappa shape index (κ3) is 4.98. The Morgan fingerprint density at radius 3 is 2.46 bits per heavy atom. The molecule has 1 aliphatic heterocycles. The number of hydrogen-bond donors (Lipinski definition) is 1. The van der Waals surface area contributed by atoms with Crippen molar-refractivity contribution in [2.24, 2.45) is 0 Å². The third-order valence-electron chi connectivity index (χ3n) is 5.11. The Kier molecular flexibility index (Phi) is 7.04. The molecule has 0 unspecified atom stereocenters. The molecule has 4 rings (SSSR count). The van der Waals surface area contributed by atoms with Gasteiger partial charge in [0.25, 0.3) is 17.5 Å². The van der Waals surface area contributed by atoms with Gasteiger partial charge in [-0.1, -0.05) is 29.8 Å². The highest BCUT2D eigenvalue weighted by Gasteiger charge is 2.34. The quantitative estimate of drug-likeness (QED) is 0.188. The number of hydrogen-bond acceptors (Lipinski definition) is 6. The van der Waals surface area contributed by atoms with Crippen LogP contribution in [0.15, 0.2) is 70.7 Å². The number of amides is 2. The first kappa shape index (κ1) is 24.2. The average molecular weight is 559 g/mol. The first-order chi connectivity index (χ1) is 16.8. The lowest BCUT2D eigenvalue weighted by Gasteiger charge is -2.15. The van der Waals surface area contributed by atoms with Crippen LogP contribution in [0.3, 0.4) is 0 Å². The molecule has 0 bridgehead atoms. The molecular weight excluding hydrogens is 542 g/mol. The number of nitro groups is 1. The monoisotopic (exact) mass is 557 g/mol. The van der Waals surface area contributed by atoms with Crippen molar-refractivity contribution in [3.8, 4) is 11.5 Å². The second-order valence-corrected chi connectivity index (χ2v) is 8.48. The topological polar surface area (TPSA) is 111 Å². The number of ether oxygens (including phenoxy) is 2. The van der Waals surface area contributed by atoms with Gasteiger partial charge in [-0.05, 0) is 63.5 Å². The SMILES string of the molecule is COc1cc(/C=C2/C(=O)NN(c3ccccc3)C2=O)c(Br)c(Cl)c1OCc1ccc([N+](=O)[O-])cc1. The second-order valence-electron chi connectivity index (χ2n) is 7.31. The minimum absolute atomic E-state index is 0.0270. The van der Waals surface area contributed by atoms with Crippen molar-refractivity contribution < 1.29 is 24.0 Å². The Morgan fingerprint density at radius 1 is 1.14 bits per heavy atom. The van der Waals surface area contributed by atoms with Crippen molar-refractivity contribution in [3.05, 3.63) is 97.0 Å². The summed E-state index contributed by atoms with van der Waals surface area (Å²) >= 11 is 9.94. The summed E-state index contributed by atoms with van der Waals surface area (Å²) in [5.74, 6) is -0.562. The molecular formula is C24H17BrClN3O6. The van der Waals surface area contributed by atoms with E-state index in [0.29, 0.717) is 21.3 Å². The summed E-state index contributed by atoms with van der Waals surface area (Å²) < 4.78 is 11.7. The van der Waals surface area contributed by atoms with Gasteiger partial charge in [-0.3, -0.25) is 25.1 Å². The van der Waals surface area contributed by atoms with Gasteiger partial charge in [0.2, 0.25) is 0 Å². The van der Waals surface area contributed by atoms with Crippen LogP contribution < -0.4 is 19.9 Å². The van der Waals surface area contributed by atoms with Gasteiger partial charge in [-0.15, -0.1) is 0 Å². The predicted octanol–water partition coefficient (Wildman–Crippen LogP) is 5.06. The molecule has 3 aromatic rings.